The Kier molecular flexibility index (Phi) is 6.23. The highest BCUT2D eigenvalue weighted by Crippen LogP contribution is 2.20. The fourth-order valence-corrected chi connectivity index (χ4v) is 2.84. The third-order valence-electron chi connectivity index (χ3n) is 4.37. The lowest BCUT2D eigenvalue weighted by atomic mass is 10.0. The van der Waals surface area contributed by atoms with Gasteiger partial charge in [0.15, 0.2) is 0 Å². The Balaban J connectivity index is 1.70. The highest BCUT2D eigenvalue weighted by atomic mass is 16.5. The second-order valence-corrected chi connectivity index (χ2v) is 6.90. The van der Waals surface area contributed by atoms with Gasteiger partial charge in [0, 0.05) is 19.0 Å². The fraction of sp³-hybridized carbons (Fsp3) is 0.579. The van der Waals surface area contributed by atoms with E-state index in [4.69, 9.17) is 4.74 Å². The van der Waals surface area contributed by atoms with Gasteiger partial charge in [0.05, 0.1) is 12.5 Å². The third-order valence-corrected chi connectivity index (χ3v) is 4.37. The van der Waals surface area contributed by atoms with Crippen molar-refractivity contribution >= 4 is 11.8 Å². The number of carbonyl (C=O) groups excluding carboxylic acids is 2. The molecule has 1 aromatic carbocycles. The number of rotatable bonds is 7. The summed E-state index contributed by atoms with van der Waals surface area (Å²) in [5.41, 5.74) is 1.27. The summed E-state index contributed by atoms with van der Waals surface area (Å²) in [4.78, 5) is 25.7. The van der Waals surface area contributed by atoms with Crippen molar-refractivity contribution in [1.82, 2.24) is 10.2 Å². The van der Waals surface area contributed by atoms with Crippen molar-refractivity contribution in [2.75, 3.05) is 19.7 Å². The molecule has 0 bridgehead atoms. The molecule has 24 heavy (non-hydrogen) atoms. The Bertz CT molecular complexity index is 566. The summed E-state index contributed by atoms with van der Waals surface area (Å²) < 4.78 is 5.64. The molecule has 0 radical (unpaired) electrons. The van der Waals surface area contributed by atoms with E-state index in [1.165, 1.54) is 5.56 Å². The molecular formula is C19H28N2O3. The first-order chi connectivity index (χ1) is 11.4. The number of likely N-dealkylation sites (tertiary alicyclic amines) is 1. The summed E-state index contributed by atoms with van der Waals surface area (Å²) >= 11 is 0. The van der Waals surface area contributed by atoms with E-state index in [2.05, 4.69) is 31.3 Å². The summed E-state index contributed by atoms with van der Waals surface area (Å²) in [5.74, 6) is 1.05. The molecule has 2 amide bonds. The molecule has 132 valence electrons. The summed E-state index contributed by atoms with van der Waals surface area (Å²) in [6.07, 6.45) is 0.307. The third kappa shape index (κ3) is 4.73. The van der Waals surface area contributed by atoms with Crippen LogP contribution in [0.3, 0.4) is 0 Å². The zero-order valence-corrected chi connectivity index (χ0v) is 15.0. The van der Waals surface area contributed by atoms with Crippen LogP contribution in [0.1, 0.15) is 45.6 Å². The molecule has 0 aromatic heterocycles. The van der Waals surface area contributed by atoms with E-state index in [-0.39, 0.29) is 23.8 Å². The Hall–Kier alpha value is -2.04. The van der Waals surface area contributed by atoms with Gasteiger partial charge in [0.1, 0.15) is 12.4 Å². The molecule has 5 nitrogen and oxygen atoms in total. The molecule has 1 saturated heterocycles. The molecule has 1 N–H and O–H groups in total. The highest BCUT2D eigenvalue weighted by Gasteiger charge is 2.35. The van der Waals surface area contributed by atoms with Crippen LogP contribution in [0.15, 0.2) is 24.3 Å². The molecule has 0 spiro atoms. The lowest BCUT2D eigenvalue weighted by Crippen LogP contribution is -2.36. The zero-order valence-electron chi connectivity index (χ0n) is 15.0. The van der Waals surface area contributed by atoms with Crippen LogP contribution in [0, 0.1) is 5.92 Å². The van der Waals surface area contributed by atoms with Gasteiger partial charge in [0.25, 0.3) is 0 Å². The van der Waals surface area contributed by atoms with E-state index in [9.17, 15) is 9.59 Å². The van der Waals surface area contributed by atoms with Crippen LogP contribution in [0.2, 0.25) is 0 Å². The van der Waals surface area contributed by atoms with Crippen molar-refractivity contribution in [1.29, 1.82) is 0 Å². The molecule has 0 saturated carbocycles. The predicted octanol–water partition coefficient (Wildman–Crippen LogP) is 2.56. The zero-order chi connectivity index (χ0) is 17.7. The maximum Gasteiger partial charge on any atom is 0.225 e. The Morgan fingerprint density at radius 3 is 2.46 bits per heavy atom. The molecule has 1 aromatic rings. The lowest BCUT2D eigenvalue weighted by Gasteiger charge is -2.20. The first-order valence-electron chi connectivity index (χ1n) is 8.68. The molecule has 1 aliphatic heterocycles. The molecule has 0 unspecified atom stereocenters. The maximum atomic E-state index is 12.1. The minimum Gasteiger partial charge on any atom is -0.492 e. The second-order valence-electron chi connectivity index (χ2n) is 6.90. The van der Waals surface area contributed by atoms with Crippen LogP contribution >= 0.6 is 0 Å². The van der Waals surface area contributed by atoms with Crippen LogP contribution in [0.5, 0.6) is 5.75 Å². The van der Waals surface area contributed by atoms with E-state index in [0.717, 1.165) is 5.75 Å². The molecule has 1 atom stereocenters. The monoisotopic (exact) mass is 332 g/mol. The predicted molar refractivity (Wildman–Crippen MR) is 94.0 cm³/mol. The summed E-state index contributed by atoms with van der Waals surface area (Å²) in [6, 6.07) is 8.17. The second kappa shape index (κ2) is 8.18. The first kappa shape index (κ1) is 18.3. The van der Waals surface area contributed by atoms with Gasteiger partial charge in [-0.05, 0) is 37.5 Å². The SMILES string of the molecule is CC(C)c1ccc(OCCNC(=O)[C@H]2CC(=O)N(C(C)C)C2)cc1. The number of amides is 2. The maximum absolute atomic E-state index is 12.1. The van der Waals surface area contributed by atoms with Crippen molar-refractivity contribution < 1.29 is 14.3 Å². The molecule has 5 heteroatoms. The van der Waals surface area contributed by atoms with Gasteiger partial charge in [-0.15, -0.1) is 0 Å². The smallest absolute Gasteiger partial charge is 0.225 e. The van der Waals surface area contributed by atoms with Gasteiger partial charge in [-0.1, -0.05) is 26.0 Å². The van der Waals surface area contributed by atoms with Crippen molar-refractivity contribution in [3.8, 4) is 5.75 Å². The molecule has 2 rings (SSSR count). The molecular weight excluding hydrogens is 304 g/mol. The average Bonchev–Trinajstić information content (AvgIpc) is 2.94. The van der Waals surface area contributed by atoms with Gasteiger partial charge >= 0.3 is 0 Å². The quantitative estimate of drug-likeness (QED) is 0.781. The number of nitrogens with one attached hydrogen (secondary N) is 1. The number of ether oxygens (including phenoxy) is 1. The van der Waals surface area contributed by atoms with Crippen molar-refractivity contribution in [3.63, 3.8) is 0 Å². The van der Waals surface area contributed by atoms with Crippen LogP contribution in [0.4, 0.5) is 0 Å². The van der Waals surface area contributed by atoms with E-state index in [0.29, 0.717) is 32.0 Å². The minimum atomic E-state index is -0.245. The summed E-state index contributed by atoms with van der Waals surface area (Å²) in [6.45, 7) is 9.62. The van der Waals surface area contributed by atoms with Gasteiger partial charge in [-0.25, -0.2) is 0 Å². The Morgan fingerprint density at radius 2 is 1.92 bits per heavy atom. The van der Waals surface area contributed by atoms with E-state index < -0.39 is 0 Å². The number of carbonyl (C=O) groups is 2. The van der Waals surface area contributed by atoms with E-state index in [1.54, 1.807) is 4.90 Å². The largest absolute Gasteiger partial charge is 0.492 e. The van der Waals surface area contributed by atoms with Crippen molar-refractivity contribution in [3.05, 3.63) is 29.8 Å². The Labute approximate surface area is 144 Å². The molecule has 1 heterocycles. The average molecular weight is 332 g/mol. The van der Waals surface area contributed by atoms with E-state index >= 15 is 0 Å². The number of benzene rings is 1. The topological polar surface area (TPSA) is 58.6 Å². The van der Waals surface area contributed by atoms with E-state index in [1.807, 2.05) is 26.0 Å². The molecule has 0 aliphatic carbocycles. The van der Waals surface area contributed by atoms with Gasteiger partial charge in [-0.3, -0.25) is 9.59 Å². The standard InChI is InChI=1S/C19H28N2O3/c1-13(2)15-5-7-17(8-6-15)24-10-9-20-19(23)16-11-18(22)21(12-16)14(3)4/h5-8,13-14,16H,9-12H2,1-4H3,(H,20,23)/t16-/m0/s1. The van der Waals surface area contributed by atoms with Crippen LogP contribution < -0.4 is 10.1 Å². The highest BCUT2D eigenvalue weighted by molar-refractivity contribution is 5.89. The summed E-state index contributed by atoms with van der Waals surface area (Å²) in [7, 11) is 0. The normalized spacial score (nSPS) is 17.7. The minimum absolute atomic E-state index is 0.0617. The number of hydrogen-bond acceptors (Lipinski definition) is 3. The van der Waals surface area contributed by atoms with Crippen LogP contribution in [-0.2, 0) is 9.59 Å². The van der Waals surface area contributed by atoms with Gasteiger partial charge in [-0.2, -0.15) is 0 Å². The number of nitrogens with zero attached hydrogens (tertiary/aromatic N) is 1. The summed E-state index contributed by atoms with van der Waals surface area (Å²) in [5, 5.41) is 2.86. The van der Waals surface area contributed by atoms with Crippen LogP contribution in [-0.4, -0.2) is 42.5 Å². The molecule has 1 fully saturated rings. The Morgan fingerprint density at radius 1 is 1.25 bits per heavy atom. The van der Waals surface area contributed by atoms with Crippen molar-refractivity contribution in [2.45, 2.75) is 46.1 Å². The van der Waals surface area contributed by atoms with Gasteiger partial charge in [0.2, 0.25) is 11.8 Å². The van der Waals surface area contributed by atoms with Gasteiger partial charge < -0.3 is 15.0 Å². The lowest BCUT2D eigenvalue weighted by molar-refractivity contribution is -0.129. The first-order valence-corrected chi connectivity index (χ1v) is 8.68. The fourth-order valence-electron chi connectivity index (χ4n) is 2.84. The van der Waals surface area contributed by atoms with Crippen LogP contribution in [0.25, 0.3) is 0 Å². The number of hydrogen-bond donors (Lipinski definition) is 1. The molecule has 1 aliphatic rings. The van der Waals surface area contributed by atoms with Crippen molar-refractivity contribution in [2.24, 2.45) is 5.92 Å².